The van der Waals surface area contributed by atoms with Crippen molar-refractivity contribution in [3.8, 4) is 0 Å². The quantitative estimate of drug-likeness (QED) is 0.351. The summed E-state index contributed by atoms with van der Waals surface area (Å²) in [5.74, 6) is -0.403. The van der Waals surface area contributed by atoms with Crippen molar-refractivity contribution in [1.82, 2.24) is 20.3 Å². The van der Waals surface area contributed by atoms with Crippen molar-refractivity contribution < 1.29 is 13.2 Å². The number of nitrogens with zero attached hydrogens (tertiary/aromatic N) is 1. The highest BCUT2D eigenvalue weighted by atomic mass is 32.2. The summed E-state index contributed by atoms with van der Waals surface area (Å²) in [5, 5.41) is 2.78. The summed E-state index contributed by atoms with van der Waals surface area (Å²) in [6.07, 6.45) is 2.23. The molecule has 2 heterocycles. The second-order valence-corrected chi connectivity index (χ2v) is 8.45. The monoisotopic (exact) mass is 437 g/mol. The molecule has 0 aliphatic carbocycles. The zero-order valence-electron chi connectivity index (χ0n) is 16.3. The molecule has 4 rings (SSSR count). The molecule has 0 saturated heterocycles. The van der Waals surface area contributed by atoms with Crippen molar-refractivity contribution in [2.24, 2.45) is 0 Å². The highest BCUT2D eigenvalue weighted by molar-refractivity contribution is 7.92. The lowest BCUT2D eigenvalue weighted by Crippen LogP contribution is -2.27. The predicted molar refractivity (Wildman–Crippen MR) is 116 cm³/mol. The van der Waals surface area contributed by atoms with E-state index in [9.17, 15) is 18.0 Å². The predicted octanol–water partition coefficient (Wildman–Crippen LogP) is 2.02. The van der Waals surface area contributed by atoms with Crippen LogP contribution in [0.4, 0.5) is 5.69 Å². The molecule has 4 aromatic rings. The maximum absolute atomic E-state index is 12.9. The van der Waals surface area contributed by atoms with Crippen LogP contribution in [-0.2, 0) is 16.4 Å². The van der Waals surface area contributed by atoms with Gasteiger partial charge in [0.2, 0.25) is 0 Å². The van der Waals surface area contributed by atoms with Gasteiger partial charge in [-0.2, -0.15) is 0 Å². The summed E-state index contributed by atoms with van der Waals surface area (Å²) in [6, 6.07) is 16.1. The van der Waals surface area contributed by atoms with Gasteiger partial charge in [-0.3, -0.25) is 14.5 Å². The van der Waals surface area contributed by atoms with Crippen LogP contribution < -0.4 is 15.7 Å². The van der Waals surface area contributed by atoms with Crippen LogP contribution in [0.2, 0.25) is 0 Å². The van der Waals surface area contributed by atoms with Gasteiger partial charge < -0.3 is 15.3 Å². The second kappa shape index (κ2) is 8.44. The van der Waals surface area contributed by atoms with Crippen LogP contribution >= 0.6 is 0 Å². The molecule has 0 radical (unpaired) electrons. The molecule has 0 atom stereocenters. The van der Waals surface area contributed by atoms with Gasteiger partial charge in [0.1, 0.15) is 0 Å². The number of hydrogen-bond acceptors (Lipinski definition) is 5. The molecule has 1 amide bonds. The number of aromatic nitrogens is 3. The topological polar surface area (TPSA) is 137 Å². The minimum atomic E-state index is -3.99. The van der Waals surface area contributed by atoms with E-state index >= 15 is 0 Å². The fraction of sp³-hybridized carbons (Fsp3) is 0.0952. The SMILES string of the molecule is O=C(NCCc1ccccn1)c1ccccc1NS(=O)(=O)c1ccc2[nH]c(=O)[nH]c2c1. The average molecular weight is 437 g/mol. The number of hydrogen-bond donors (Lipinski definition) is 4. The van der Waals surface area contributed by atoms with E-state index in [1.54, 1.807) is 24.4 Å². The van der Waals surface area contributed by atoms with E-state index in [1.165, 1.54) is 24.3 Å². The van der Waals surface area contributed by atoms with Crippen molar-refractivity contribution in [3.05, 3.63) is 88.6 Å². The minimum absolute atomic E-state index is 0.0411. The van der Waals surface area contributed by atoms with Crippen LogP contribution in [0.25, 0.3) is 11.0 Å². The summed E-state index contributed by atoms with van der Waals surface area (Å²) in [7, 11) is -3.99. The number of pyridine rings is 1. The molecular formula is C21H19N5O4S. The van der Waals surface area contributed by atoms with Gasteiger partial charge in [-0.15, -0.1) is 0 Å². The van der Waals surface area contributed by atoms with Crippen molar-refractivity contribution in [1.29, 1.82) is 0 Å². The number of carbonyl (C=O) groups excluding carboxylic acids is 1. The molecule has 10 heteroatoms. The van der Waals surface area contributed by atoms with Crippen molar-refractivity contribution in [3.63, 3.8) is 0 Å². The van der Waals surface area contributed by atoms with Crippen molar-refractivity contribution >= 4 is 32.7 Å². The number of carbonyl (C=O) groups is 1. The van der Waals surface area contributed by atoms with Crippen LogP contribution in [0.5, 0.6) is 0 Å². The number of sulfonamides is 1. The number of nitrogens with one attached hydrogen (secondary N) is 4. The molecular weight excluding hydrogens is 418 g/mol. The maximum atomic E-state index is 12.9. The van der Waals surface area contributed by atoms with E-state index in [1.807, 2.05) is 18.2 Å². The highest BCUT2D eigenvalue weighted by Gasteiger charge is 2.19. The number of rotatable bonds is 7. The molecule has 0 saturated carbocycles. The molecule has 158 valence electrons. The fourth-order valence-corrected chi connectivity index (χ4v) is 4.20. The van der Waals surface area contributed by atoms with Crippen molar-refractivity contribution in [2.75, 3.05) is 11.3 Å². The number of amides is 1. The summed E-state index contributed by atoms with van der Waals surface area (Å²) in [6.45, 7) is 0.356. The number of fused-ring (bicyclic) bond motifs is 1. The number of H-pyrrole nitrogens is 2. The van der Waals surface area contributed by atoms with E-state index in [-0.39, 0.29) is 16.1 Å². The average Bonchev–Trinajstić information content (AvgIpc) is 3.14. The Bertz CT molecular complexity index is 1390. The second-order valence-electron chi connectivity index (χ2n) is 6.76. The highest BCUT2D eigenvalue weighted by Crippen LogP contribution is 2.22. The number of para-hydroxylation sites is 1. The summed E-state index contributed by atoms with van der Waals surface area (Å²) >= 11 is 0. The molecule has 31 heavy (non-hydrogen) atoms. The first-order valence-electron chi connectivity index (χ1n) is 9.44. The number of imidazole rings is 1. The van der Waals surface area contributed by atoms with E-state index in [0.717, 1.165) is 5.69 Å². The van der Waals surface area contributed by atoms with E-state index in [2.05, 4.69) is 25.0 Å². The van der Waals surface area contributed by atoms with E-state index in [4.69, 9.17) is 0 Å². The van der Waals surface area contributed by atoms with Crippen LogP contribution in [0.1, 0.15) is 16.1 Å². The van der Waals surface area contributed by atoms with Gasteiger partial charge in [0, 0.05) is 24.9 Å². The first-order chi connectivity index (χ1) is 14.9. The zero-order chi connectivity index (χ0) is 21.8. The Hall–Kier alpha value is -3.92. The Labute approximate surface area is 177 Å². The third-order valence-corrected chi connectivity index (χ3v) is 5.97. The summed E-state index contributed by atoms with van der Waals surface area (Å²) in [4.78, 5) is 33.3. The summed E-state index contributed by atoms with van der Waals surface area (Å²) < 4.78 is 28.2. The molecule has 2 aromatic heterocycles. The number of aromatic amines is 2. The molecule has 0 unspecified atom stereocenters. The molecule has 0 spiro atoms. The Morgan fingerprint density at radius 3 is 2.55 bits per heavy atom. The van der Waals surface area contributed by atoms with Gasteiger partial charge in [-0.1, -0.05) is 18.2 Å². The minimum Gasteiger partial charge on any atom is -0.352 e. The lowest BCUT2D eigenvalue weighted by Gasteiger charge is -2.13. The third kappa shape index (κ3) is 4.64. The Balaban J connectivity index is 1.51. The lowest BCUT2D eigenvalue weighted by molar-refractivity contribution is 0.0955. The van der Waals surface area contributed by atoms with E-state index in [0.29, 0.717) is 24.0 Å². The van der Waals surface area contributed by atoms with Gasteiger partial charge in [0.25, 0.3) is 15.9 Å². The fourth-order valence-electron chi connectivity index (χ4n) is 3.10. The van der Waals surface area contributed by atoms with Crippen LogP contribution in [0, 0.1) is 0 Å². The molecule has 0 fully saturated rings. The van der Waals surface area contributed by atoms with Crippen LogP contribution in [0.15, 0.2) is 76.6 Å². The zero-order valence-corrected chi connectivity index (χ0v) is 17.1. The number of anilines is 1. The Morgan fingerprint density at radius 1 is 0.968 bits per heavy atom. The molecule has 0 aliphatic rings. The smallest absolute Gasteiger partial charge is 0.323 e. The molecule has 2 aromatic carbocycles. The summed E-state index contributed by atoms with van der Waals surface area (Å²) in [5.41, 5.74) is 1.63. The molecule has 0 bridgehead atoms. The standard InChI is InChI=1S/C21H19N5O4S/c27-20(23-12-10-14-5-3-4-11-22-14)16-6-1-2-7-17(16)26-31(29,30)15-8-9-18-19(13-15)25-21(28)24-18/h1-9,11,13,26H,10,12H2,(H,23,27)(H2,24,25,28). The van der Waals surface area contributed by atoms with Gasteiger partial charge in [0.05, 0.1) is 27.2 Å². The van der Waals surface area contributed by atoms with Crippen LogP contribution in [-0.4, -0.2) is 35.8 Å². The molecule has 9 nitrogen and oxygen atoms in total. The van der Waals surface area contributed by atoms with E-state index < -0.39 is 21.6 Å². The number of benzene rings is 2. The lowest BCUT2D eigenvalue weighted by atomic mass is 10.1. The Kier molecular flexibility index (Phi) is 5.54. The normalized spacial score (nSPS) is 11.4. The third-order valence-electron chi connectivity index (χ3n) is 4.61. The van der Waals surface area contributed by atoms with Gasteiger partial charge in [0.15, 0.2) is 0 Å². The largest absolute Gasteiger partial charge is 0.352 e. The Morgan fingerprint density at radius 2 is 1.74 bits per heavy atom. The van der Waals surface area contributed by atoms with Gasteiger partial charge >= 0.3 is 5.69 Å². The maximum Gasteiger partial charge on any atom is 0.323 e. The van der Waals surface area contributed by atoms with Crippen molar-refractivity contribution in [2.45, 2.75) is 11.3 Å². The van der Waals surface area contributed by atoms with Crippen LogP contribution in [0.3, 0.4) is 0 Å². The first-order valence-corrected chi connectivity index (χ1v) is 10.9. The molecule has 0 aliphatic heterocycles. The first kappa shape index (κ1) is 20.4. The van der Waals surface area contributed by atoms with Gasteiger partial charge in [-0.05, 0) is 42.5 Å². The van der Waals surface area contributed by atoms with Gasteiger partial charge in [-0.25, -0.2) is 13.2 Å². The molecule has 4 N–H and O–H groups in total.